The van der Waals surface area contributed by atoms with Crippen molar-refractivity contribution in [3.05, 3.63) is 106 Å². The van der Waals surface area contributed by atoms with E-state index in [1.807, 2.05) is 48.5 Å². The number of hydrogen-bond acceptors (Lipinski definition) is 5. The van der Waals surface area contributed by atoms with E-state index in [1.165, 1.54) is 12.1 Å². The molecule has 0 spiro atoms. The Labute approximate surface area is 269 Å². The molecule has 0 radical (unpaired) electrons. The van der Waals surface area contributed by atoms with Gasteiger partial charge in [-0.3, -0.25) is 19.3 Å². The lowest BCUT2D eigenvalue weighted by Crippen LogP contribution is -2.57. The summed E-state index contributed by atoms with van der Waals surface area (Å²) in [6.45, 7) is 3.41. The first-order valence-electron chi connectivity index (χ1n) is 14.0. The van der Waals surface area contributed by atoms with Gasteiger partial charge >= 0.3 is 5.97 Å². The molecular weight excluding hydrogens is 632 g/mol. The molecule has 1 aliphatic heterocycles. The number of carbonyl (C=O) groups is 4. The molecule has 10 heteroatoms. The van der Waals surface area contributed by atoms with Gasteiger partial charge in [0.2, 0.25) is 17.6 Å². The van der Waals surface area contributed by atoms with Crippen LogP contribution in [0.2, 0.25) is 5.02 Å². The van der Waals surface area contributed by atoms with Crippen molar-refractivity contribution < 1.29 is 23.9 Å². The number of halogens is 4. The summed E-state index contributed by atoms with van der Waals surface area (Å²) < 4.78 is 5.75. The van der Waals surface area contributed by atoms with E-state index in [0.29, 0.717) is 27.3 Å². The molecule has 0 aromatic heterocycles. The number of Topliss-reactive ketones (excluding diaryl/α,β-unsaturated/α-hetero) is 1. The highest BCUT2D eigenvalue weighted by molar-refractivity contribution is 6.36. The maximum Gasteiger partial charge on any atom is 0.330 e. The van der Waals surface area contributed by atoms with Crippen molar-refractivity contribution in [2.75, 3.05) is 5.88 Å². The van der Waals surface area contributed by atoms with Gasteiger partial charge in [-0.05, 0) is 52.4 Å². The predicted octanol–water partition coefficient (Wildman–Crippen LogP) is 6.68. The zero-order valence-electron chi connectivity index (χ0n) is 23.2. The Morgan fingerprint density at radius 3 is 1.65 bits per heavy atom. The number of ether oxygens (including phenoxy) is 1. The Morgan fingerprint density at radius 2 is 1.26 bits per heavy atom. The first kappa shape index (κ1) is 30.1. The lowest BCUT2D eigenvalue weighted by atomic mass is 9.54. The number of alkyl halides is 3. The van der Waals surface area contributed by atoms with E-state index in [9.17, 15) is 19.2 Å². The van der Waals surface area contributed by atoms with E-state index in [4.69, 9.17) is 51.1 Å². The maximum atomic E-state index is 14.4. The summed E-state index contributed by atoms with van der Waals surface area (Å²) in [6.07, 6.45) is -1.20. The molecule has 0 N–H and O–H groups in total. The zero-order valence-corrected chi connectivity index (χ0v) is 26.3. The SMILES string of the molecule is CC(C)[C@@H](C(=O)O[C@H](CCCl)C(=O)c1ccc(Cl)cc1)N1C(=O)[C@H]2[C@H](C1=O)C1(Cl)c3ccccc3C2(Cl)c2ccccc21. The van der Waals surface area contributed by atoms with Crippen LogP contribution in [0.15, 0.2) is 72.8 Å². The van der Waals surface area contributed by atoms with E-state index in [-0.39, 0.29) is 17.9 Å². The molecule has 1 saturated heterocycles. The van der Waals surface area contributed by atoms with Crippen LogP contribution in [0.1, 0.15) is 52.9 Å². The van der Waals surface area contributed by atoms with E-state index in [1.54, 1.807) is 26.0 Å². The van der Waals surface area contributed by atoms with Crippen LogP contribution >= 0.6 is 46.4 Å². The van der Waals surface area contributed by atoms with Crippen LogP contribution in [-0.4, -0.2) is 46.5 Å². The minimum atomic E-state index is -1.38. The van der Waals surface area contributed by atoms with Gasteiger partial charge in [0.1, 0.15) is 15.8 Å². The normalized spacial score (nSPS) is 26.5. The molecule has 6 nitrogen and oxygen atoms in total. The predicted molar refractivity (Wildman–Crippen MR) is 165 cm³/mol. The Morgan fingerprint density at radius 1 is 0.814 bits per heavy atom. The summed E-state index contributed by atoms with van der Waals surface area (Å²) in [7, 11) is 0. The van der Waals surface area contributed by atoms with Crippen molar-refractivity contribution in [3.8, 4) is 0 Å². The molecule has 222 valence electrons. The fourth-order valence-electron chi connectivity index (χ4n) is 6.99. The fraction of sp³-hybridized carbons (Fsp3) is 0.333. The number of esters is 1. The van der Waals surface area contributed by atoms with Crippen LogP contribution in [-0.2, 0) is 28.9 Å². The molecule has 4 atom stereocenters. The Bertz CT molecular complexity index is 1530. The molecule has 43 heavy (non-hydrogen) atoms. The van der Waals surface area contributed by atoms with E-state index >= 15 is 0 Å². The average Bonchev–Trinajstić information content (AvgIpc) is 3.26. The van der Waals surface area contributed by atoms with Crippen molar-refractivity contribution in [1.29, 1.82) is 0 Å². The van der Waals surface area contributed by atoms with Crippen molar-refractivity contribution >= 4 is 70.0 Å². The second kappa shape index (κ2) is 10.9. The largest absolute Gasteiger partial charge is 0.452 e. The molecule has 3 aliphatic carbocycles. The minimum Gasteiger partial charge on any atom is -0.452 e. The van der Waals surface area contributed by atoms with Crippen molar-refractivity contribution in [1.82, 2.24) is 4.90 Å². The van der Waals surface area contributed by atoms with Crippen molar-refractivity contribution in [2.24, 2.45) is 17.8 Å². The molecular formula is C33H27Cl4NO5. The number of imide groups is 1. The number of rotatable bonds is 8. The second-order valence-corrected chi connectivity index (χ2v) is 13.5. The summed E-state index contributed by atoms with van der Waals surface area (Å²) in [5, 5.41) is 0.447. The third-order valence-electron chi connectivity index (χ3n) is 8.82. The molecule has 1 heterocycles. The van der Waals surface area contributed by atoms with Crippen LogP contribution in [0, 0.1) is 17.8 Å². The molecule has 1 fully saturated rings. The smallest absolute Gasteiger partial charge is 0.330 e. The summed E-state index contributed by atoms with van der Waals surface area (Å²) in [4.78, 5) is 54.2. The number of ketones is 1. The van der Waals surface area contributed by atoms with Gasteiger partial charge in [-0.15, -0.1) is 34.8 Å². The Hall–Kier alpha value is -2.90. The third kappa shape index (κ3) is 4.28. The monoisotopic (exact) mass is 657 g/mol. The van der Waals surface area contributed by atoms with Crippen LogP contribution < -0.4 is 0 Å². The summed E-state index contributed by atoms with van der Waals surface area (Å²) in [5.41, 5.74) is 2.93. The van der Waals surface area contributed by atoms with Gasteiger partial charge in [-0.25, -0.2) is 4.79 Å². The highest BCUT2D eigenvalue weighted by Gasteiger charge is 2.74. The summed E-state index contributed by atoms with van der Waals surface area (Å²) in [5.74, 6) is -5.20. The van der Waals surface area contributed by atoms with Gasteiger partial charge in [0.25, 0.3) is 0 Å². The van der Waals surface area contributed by atoms with Crippen molar-refractivity contribution in [2.45, 2.75) is 42.2 Å². The van der Waals surface area contributed by atoms with Crippen LogP contribution in [0.5, 0.6) is 0 Å². The quantitative estimate of drug-likeness (QED) is 0.117. The number of carbonyl (C=O) groups excluding carboxylic acids is 4. The van der Waals surface area contributed by atoms with Gasteiger partial charge < -0.3 is 4.74 Å². The summed E-state index contributed by atoms with van der Waals surface area (Å²) in [6, 6.07) is 19.5. The molecule has 3 aromatic carbocycles. The number of nitrogens with zero attached hydrogens (tertiary/aromatic N) is 1. The first-order valence-corrected chi connectivity index (χ1v) is 15.7. The topological polar surface area (TPSA) is 80.8 Å². The van der Waals surface area contributed by atoms with Gasteiger partial charge in [-0.2, -0.15) is 0 Å². The second-order valence-electron chi connectivity index (χ2n) is 11.5. The molecule has 0 unspecified atom stereocenters. The number of likely N-dealkylation sites (tertiary alicyclic amines) is 1. The minimum absolute atomic E-state index is 0.0346. The van der Waals surface area contributed by atoms with Crippen LogP contribution in [0.4, 0.5) is 0 Å². The standard InChI is InChI=1S/C33H27Cl4NO5/c1-17(2)27(31(42)43-24(15-16-34)28(39)18-11-13-19(35)14-12-18)38-29(40)25-26(30(38)41)33(37)21-8-4-3-7-20(21)32(25,36)22-9-5-6-10-23(22)33/h3-14,17,24-27H,15-16H2,1-2H3/t24-,25-,26-,27+,32?,33?/m1/s1. The maximum absolute atomic E-state index is 14.4. The van der Waals surface area contributed by atoms with E-state index < -0.39 is 63.2 Å². The van der Waals surface area contributed by atoms with E-state index in [0.717, 1.165) is 4.90 Å². The van der Waals surface area contributed by atoms with Gasteiger partial charge in [0, 0.05) is 22.9 Å². The van der Waals surface area contributed by atoms with Gasteiger partial charge in [-0.1, -0.05) is 74.0 Å². The third-order valence-corrected chi connectivity index (χ3v) is 10.6. The molecule has 3 aromatic rings. The highest BCUT2D eigenvalue weighted by Crippen LogP contribution is 2.69. The summed E-state index contributed by atoms with van der Waals surface area (Å²) >= 11 is 27.0. The molecule has 4 aliphatic rings. The van der Waals surface area contributed by atoms with Crippen LogP contribution in [0.25, 0.3) is 0 Å². The van der Waals surface area contributed by atoms with Crippen molar-refractivity contribution in [3.63, 3.8) is 0 Å². The van der Waals surface area contributed by atoms with Gasteiger partial charge in [0.05, 0.1) is 11.8 Å². The highest BCUT2D eigenvalue weighted by atomic mass is 35.5. The lowest BCUT2D eigenvalue weighted by molar-refractivity contribution is -0.163. The Kier molecular flexibility index (Phi) is 7.65. The number of amides is 2. The van der Waals surface area contributed by atoms with Crippen LogP contribution in [0.3, 0.4) is 0 Å². The number of hydrogen-bond donors (Lipinski definition) is 0. The number of benzene rings is 3. The van der Waals surface area contributed by atoms with Gasteiger partial charge in [0.15, 0.2) is 6.10 Å². The van der Waals surface area contributed by atoms with E-state index in [2.05, 4.69) is 0 Å². The molecule has 2 bridgehead atoms. The fourth-order valence-corrected chi connectivity index (χ4v) is 8.41. The molecule has 0 saturated carbocycles. The molecule has 7 rings (SSSR count). The first-order chi connectivity index (χ1) is 20.5. The Balaban J connectivity index is 1.39. The lowest BCUT2D eigenvalue weighted by Gasteiger charge is -2.54. The average molecular weight is 659 g/mol. The zero-order chi connectivity index (χ0) is 30.8. The molecule has 2 amide bonds.